The molecule has 0 bridgehead atoms. The van der Waals surface area contributed by atoms with Gasteiger partial charge < -0.3 is 20.7 Å². The first kappa shape index (κ1) is 18.3. The monoisotopic (exact) mass is 393 g/mol. The Labute approximate surface area is 167 Å². The summed E-state index contributed by atoms with van der Waals surface area (Å²) in [5.74, 6) is 5.31. The van der Waals surface area contributed by atoms with E-state index in [0.29, 0.717) is 29.1 Å². The van der Waals surface area contributed by atoms with Crippen LogP contribution < -0.4 is 21.1 Å². The largest absolute Gasteiger partial charge is 0.497 e. The quantitative estimate of drug-likeness (QED) is 0.515. The summed E-state index contributed by atoms with van der Waals surface area (Å²) in [6.45, 7) is 0.188. The van der Waals surface area contributed by atoms with E-state index in [1.54, 1.807) is 24.3 Å². The van der Waals surface area contributed by atoms with E-state index in [2.05, 4.69) is 27.5 Å². The Morgan fingerprint density at radius 2 is 2.14 bits per heavy atom. The maximum absolute atomic E-state index is 12.9. The lowest BCUT2D eigenvalue weighted by Gasteiger charge is -2.26. The molecule has 4 rings (SSSR count). The number of imide groups is 1. The van der Waals surface area contributed by atoms with Crippen LogP contribution in [-0.2, 0) is 11.3 Å². The fourth-order valence-corrected chi connectivity index (χ4v) is 3.32. The lowest BCUT2D eigenvalue weighted by molar-refractivity contribution is -0.122. The van der Waals surface area contributed by atoms with Crippen molar-refractivity contribution in [1.29, 1.82) is 0 Å². The van der Waals surface area contributed by atoms with Crippen molar-refractivity contribution in [2.75, 3.05) is 19.4 Å². The standard InChI is InChI=1S/C20H17N5O4.H2/c1-29-15-3-2-13-10-25(17(26)16(13)7-15)11-20(18(27)23-19(28)24-20)5-4-12-6-14(21)9-22-8-12;/h2-3,6-9H,10-11,21H2,1H3,(H2,23,24,27,28);1H/t20-;/m1./s1. The molecule has 2 aliphatic heterocycles. The molecule has 1 aromatic carbocycles. The van der Waals surface area contributed by atoms with Gasteiger partial charge in [0, 0.05) is 31.5 Å². The molecule has 29 heavy (non-hydrogen) atoms. The smallest absolute Gasteiger partial charge is 0.323 e. The molecule has 1 saturated heterocycles. The Balaban J connectivity index is 0.00000256. The first-order valence-electron chi connectivity index (χ1n) is 8.74. The average molecular weight is 393 g/mol. The molecule has 0 aliphatic carbocycles. The van der Waals surface area contributed by atoms with Crippen molar-refractivity contribution >= 4 is 23.5 Å². The summed E-state index contributed by atoms with van der Waals surface area (Å²) in [7, 11) is 1.52. The molecule has 1 atom stereocenters. The molecular weight excluding hydrogens is 374 g/mol. The summed E-state index contributed by atoms with van der Waals surface area (Å²) in [4.78, 5) is 42.7. The van der Waals surface area contributed by atoms with Gasteiger partial charge in [0.1, 0.15) is 5.75 Å². The number of carbonyl (C=O) groups is 3. The highest BCUT2D eigenvalue weighted by Gasteiger charge is 2.48. The minimum absolute atomic E-state index is 0. The number of nitrogens with one attached hydrogen (secondary N) is 2. The molecule has 148 valence electrons. The van der Waals surface area contributed by atoms with Gasteiger partial charge in [-0.15, -0.1) is 0 Å². The number of amides is 4. The molecule has 0 radical (unpaired) electrons. The number of hydrogen-bond acceptors (Lipinski definition) is 6. The van der Waals surface area contributed by atoms with E-state index >= 15 is 0 Å². The maximum Gasteiger partial charge on any atom is 0.323 e. The van der Waals surface area contributed by atoms with Crippen LogP contribution in [0.2, 0.25) is 0 Å². The van der Waals surface area contributed by atoms with E-state index in [-0.39, 0.29) is 13.9 Å². The minimum Gasteiger partial charge on any atom is -0.497 e. The highest BCUT2D eigenvalue weighted by Crippen LogP contribution is 2.28. The number of carbonyl (C=O) groups excluding carboxylic acids is 3. The van der Waals surface area contributed by atoms with Crippen molar-refractivity contribution in [3.8, 4) is 17.6 Å². The van der Waals surface area contributed by atoms with Crippen molar-refractivity contribution in [3.63, 3.8) is 0 Å². The van der Waals surface area contributed by atoms with Gasteiger partial charge in [0.2, 0.25) is 5.54 Å². The highest BCUT2D eigenvalue weighted by molar-refractivity contribution is 6.10. The van der Waals surface area contributed by atoms with Crippen LogP contribution in [0.4, 0.5) is 10.5 Å². The Hall–Kier alpha value is -4.06. The second-order valence-corrected chi connectivity index (χ2v) is 6.75. The number of pyridine rings is 1. The molecule has 9 nitrogen and oxygen atoms in total. The molecule has 4 amide bonds. The third-order valence-electron chi connectivity index (χ3n) is 4.75. The summed E-state index contributed by atoms with van der Waals surface area (Å²) in [5, 5.41) is 4.75. The fraction of sp³-hybridized carbons (Fsp3) is 0.200. The van der Waals surface area contributed by atoms with Gasteiger partial charge in [-0.25, -0.2) is 4.79 Å². The summed E-state index contributed by atoms with van der Waals surface area (Å²) < 4.78 is 5.17. The minimum atomic E-state index is -1.58. The summed E-state index contributed by atoms with van der Waals surface area (Å²) in [6.07, 6.45) is 2.97. The van der Waals surface area contributed by atoms with Crippen LogP contribution in [0.3, 0.4) is 0 Å². The third-order valence-corrected chi connectivity index (χ3v) is 4.75. The second kappa shape index (κ2) is 6.83. The summed E-state index contributed by atoms with van der Waals surface area (Å²) in [5.41, 5.74) is 6.34. The van der Waals surface area contributed by atoms with Gasteiger partial charge >= 0.3 is 6.03 Å². The van der Waals surface area contributed by atoms with Crippen LogP contribution in [0.1, 0.15) is 22.9 Å². The van der Waals surface area contributed by atoms with Gasteiger partial charge in [0.25, 0.3) is 11.8 Å². The van der Waals surface area contributed by atoms with Crippen LogP contribution in [0.15, 0.2) is 36.7 Å². The number of aromatic nitrogens is 1. The number of urea groups is 1. The first-order valence-corrected chi connectivity index (χ1v) is 8.74. The summed E-state index contributed by atoms with van der Waals surface area (Å²) >= 11 is 0. The molecule has 4 N–H and O–H groups in total. The molecule has 0 spiro atoms. The number of anilines is 1. The Morgan fingerprint density at radius 1 is 1.31 bits per heavy atom. The zero-order chi connectivity index (χ0) is 20.6. The number of fused-ring (bicyclic) bond motifs is 1. The highest BCUT2D eigenvalue weighted by atomic mass is 16.5. The van der Waals surface area contributed by atoms with Gasteiger partial charge in [-0.1, -0.05) is 17.9 Å². The van der Waals surface area contributed by atoms with E-state index in [4.69, 9.17) is 10.5 Å². The molecule has 2 aromatic rings. The Bertz CT molecular complexity index is 1110. The third kappa shape index (κ3) is 3.32. The molecule has 0 saturated carbocycles. The van der Waals surface area contributed by atoms with Crippen molar-refractivity contribution in [1.82, 2.24) is 20.5 Å². The number of rotatable bonds is 3. The van der Waals surface area contributed by atoms with Crippen molar-refractivity contribution in [2.24, 2.45) is 0 Å². The predicted molar refractivity (Wildman–Crippen MR) is 105 cm³/mol. The number of nitrogen functional groups attached to an aromatic ring is 1. The van der Waals surface area contributed by atoms with Gasteiger partial charge in [0.15, 0.2) is 0 Å². The molecule has 9 heteroatoms. The van der Waals surface area contributed by atoms with Crippen LogP contribution in [0.25, 0.3) is 0 Å². The van der Waals surface area contributed by atoms with Crippen LogP contribution in [-0.4, -0.2) is 46.9 Å². The van der Waals surface area contributed by atoms with Crippen LogP contribution in [0.5, 0.6) is 5.75 Å². The zero-order valence-electron chi connectivity index (χ0n) is 15.5. The van der Waals surface area contributed by atoms with E-state index in [9.17, 15) is 14.4 Å². The molecular formula is C20H19N5O4. The Kier molecular flexibility index (Phi) is 4.31. The normalized spacial score (nSPS) is 19.9. The van der Waals surface area contributed by atoms with Gasteiger partial charge in [-0.2, -0.15) is 0 Å². The number of hydrogen-bond donors (Lipinski definition) is 3. The zero-order valence-corrected chi connectivity index (χ0v) is 15.5. The first-order chi connectivity index (χ1) is 13.9. The van der Waals surface area contributed by atoms with Gasteiger partial charge in [0.05, 0.1) is 19.3 Å². The van der Waals surface area contributed by atoms with Crippen molar-refractivity contribution < 1.29 is 20.5 Å². The Morgan fingerprint density at radius 3 is 2.83 bits per heavy atom. The van der Waals surface area contributed by atoms with Crippen molar-refractivity contribution in [2.45, 2.75) is 12.1 Å². The number of nitrogens with two attached hydrogens (primary N) is 1. The van der Waals surface area contributed by atoms with E-state index in [1.165, 1.54) is 24.4 Å². The average Bonchev–Trinajstić information content (AvgIpc) is 3.15. The molecule has 1 aromatic heterocycles. The van der Waals surface area contributed by atoms with Crippen LogP contribution >= 0.6 is 0 Å². The molecule has 3 heterocycles. The van der Waals surface area contributed by atoms with E-state index in [1.807, 2.05) is 0 Å². The number of nitrogens with zero attached hydrogens (tertiary/aromatic N) is 2. The van der Waals surface area contributed by atoms with Crippen molar-refractivity contribution in [3.05, 3.63) is 53.3 Å². The predicted octanol–water partition coefficient (Wildman–Crippen LogP) is 0.504. The van der Waals surface area contributed by atoms with Gasteiger partial charge in [-0.3, -0.25) is 19.9 Å². The topological polar surface area (TPSA) is 127 Å². The summed E-state index contributed by atoms with van der Waals surface area (Å²) in [6, 6.07) is 6.16. The molecule has 0 unspecified atom stereocenters. The molecule has 2 aliphatic rings. The van der Waals surface area contributed by atoms with E-state index in [0.717, 1.165) is 5.56 Å². The maximum atomic E-state index is 12.9. The molecule has 1 fully saturated rings. The number of ether oxygens (including phenoxy) is 1. The second-order valence-electron chi connectivity index (χ2n) is 6.75. The SMILES string of the molecule is COc1ccc2c(c1)C(=O)N(C[C@@]1(C#Cc3cncc(N)c3)NC(=O)NC1=O)C2.[HH]. The van der Waals surface area contributed by atoms with Gasteiger partial charge in [-0.05, 0) is 23.8 Å². The number of benzene rings is 1. The van der Waals surface area contributed by atoms with Crippen LogP contribution in [0, 0.1) is 11.8 Å². The lowest BCUT2D eigenvalue weighted by atomic mass is 9.99. The fourth-order valence-electron chi connectivity index (χ4n) is 3.32. The van der Waals surface area contributed by atoms with E-state index < -0.39 is 17.5 Å². The number of methoxy groups -OCH3 is 1. The lowest BCUT2D eigenvalue weighted by Crippen LogP contribution is -2.54.